The van der Waals surface area contributed by atoms with Crippen molar-refractivity contribution in [3.63, 3.8) is 0 Å². The van der Waals surface area contributed by atoms with Gasteiger partial charge in [0.1, 0.15) is 6.61 Å². The predicted molar refractivity (Wildman–Crippen MR) is 89.4 cm³/mol. The molecular formula is C18H15F3N2O3. The van der Waals surface area contributed by atoms with Crippen molar-refractivity contribution in [1.29, 1.82) is 0 Å². The lowest BCUT2D eigenvalue weighted by Gasteiger charge is -2.29. The monoisotopic (exact) mass is 364 g/mol. The molecule has 2 amide bonds. The van der Waals surface area contributed by atoms with Crippen molar-refractivity contribution in [2.75, 3.05) is 23.4 Å². The number of fused-ring (bicyclic) bond motifs is 1. The van der Waals surface area contributed by atoms with Gasteiger partial charge in [-0.2, -0.15) is 13.2 Å². The van der Waals surface area contributed by atoms with Crippen molar-refractivity contribution < 1.29 is 27.5 Å². The zero-order valence-corrected chi connectivity index (χ0v) is 13.8. The second-order valence-corrected chi connectivity index (χ2v) is 5.70. The van der Waals surface area contributed by atoms with Gasteiger partial charge in [-0.1, -0.05) is 6.07 Å². The van der Waals surface area contributed by atoms with E-state index in [-0.39, 0.29) is 29.5 Å². The second kappa shape index (κ2) is 6.70. The van der Waals surface area contributed by atoms with Gasteiger partial charge in [0.25, 0.3) is 5.91 Å². The number of hydrogen-bond acceptors (Lipinski definition) is 3. The summed E-state index contributed by atoms with van der Waals surface area (Å²) in [4.78, 5) is 25.8. The maximum atomic E-state index is 12.6. The normalized spacial score (nSPS) is 13.6. The van der Waals surface area contributed by atoms with Crippen LogP contribution in [0.4, 0.5) is 24.5 Å². The molecule has 5 nitrogen and oxygen atoms in total. The van der Waals surface area contributed by atoms with E-state index >= 15 is 0 Å². The molecule has 0 fully saturated rings. The van der Waals surface area contributed by atoms with E-state index in [1.807, 2.05) is 0 Å². The topological polar surface area (TPSA) is 58.6 Å². The largest absolute Gasteiger partial charge is 0.489 e. The lowest BCUT2D eigenvalue weighted by molar-refractivity contribution is -0.137. The van der Waals surface area contributed by atoms with Crippen LogP contribution in [0.5, 0.6) is 5.75 Å². The molecule has 0 unspecified atom stereocenters. The Morgan fingerprint density at radius 2 is 1.81 bits per heavy atom. The van der Waals surface area contributed by atoms with E-state index < -0.39 is 17.6 Å². The minimum Gasteiger partial charge on any atom is -0.489 e. The third-order valence-electron chi connectivity index (χ3n) is 3.94. The number of benzene rings is 2. The highest BCUT2D eigenvalue weighted by atomic mass is 19.4. The predicted octanol–water partition coefficient (Wildman–Crippen LogP) is 3.70. The van der Waals surface area contributed by atoms with Gasteiger partial charge in [-0.3, -0.25) is 9.59 Å². The van der Waals surface area contributed by atoms with Crippen molar-refractivity contribution >= 4 is 23.2 Å². The van der Waals surface area contributed by atoms with Gasteiger partial charge in [0.05, 0.1) is 23.4 Å². The number of alkyl halides is 3. The molecular weight excluding hydrogens is 349 g/mol. The molecule has 8 heteroatoms. The Labute approximate surface area is 147 Å². The molecule has 0 aliphatic carbocycles. The molecule has 0 saturated heterocycles. The van der Waals surface area contributed by atoms with E-state index in [1.165, 1.54) is 30.0 Å². The lowest BCUT2D eigenvalue weighted by Crippen LogP contribution is -2.37. The number of nitrogens with zero attached hydrogens (tertiary/aromatic N) is 1. The van der Waals surface area contributed by atoms with Gasteiger partial charge in [-0.15, -0.1) is 0 Å². The number of para-hydroxylation sites is 1. The van der Waals surface area contributed by atoms with E-state index in [4.69, 9.17) is 4.74 Å². The highest BCUT2D eigenvalue weighted by Gasteiger charge is 2.30. The number of carbonyl (C=O) groups excluding carboxylic acids is 2. The van der Waals surface area contributed by atoms with Crippen molar-refractivity contribution in [3.8, 4) is 5.75 Å². The van der Waals surface area contributed by atoms with Crippen LogP contribution in [-0.4, -0.2) is 25.0 Å². The average molecular weight is 364 g/mol. The Balaban J connectivity index is 1.85. The van der Waals surface area contributed by atoms with Crippen molar-refractivity contribution in [2.24, 2.45) is 0 Å². The summed E-state index contributed by atoms with van der Waals surface area (Å²) < 4.78 is 43.4. The summed E-state index contributed by atoms with van der Waals surface area (Å²) in [7, 11) is 0. The summed E-state index contributed by atoms with van der Waals surface area (Å²) in [5.74, 6) is -0.430. The molecule has 1 N–H and O–H groups in total. The summed E-state index contributed by atoms with van der Waals surface area (Å²) in [6.07, 6.45) is -4.44. The van der Waals surface area contributed by atoms with Crippen LogP contribution in [0.2, 0.25) is 0 Å². The van der Waals surface area contributed by atoms with E-state index in [9.17, 15) is 22.8 Å². The standard InChI is InChI=1S/C18H15F3N2O3/c1-11(24)23-9-10-26-16-14(3-2-4-15(16)23)17(25)22-13-7-5-12(6-8-13)18(19,20)21/h2-8H,9-10H2,1H3,(H,22,25). The fraction of sp³-hybridized carbons (Fsp3) is 0.222. The van der Waals surface area contributed by atoms with E-state index in [1.54, 1.807) is 12.1 Å². The first-order valence-corrected chi connectivity index (χ1v) is 7.80. The maximum absolute atomic E-state index is 12.6. The molecule has 0 radical (unpaired) electrons. The maximum Gasteiger partial charge on any atom is 0.416 e. The van der Waals surface area contributed by atoms with Gasteiger partial charge < -0.3 is 15.0 Å². The van der Waals surface area contributed by atoms with Crippen molar-refractivity contribution in [1.82, 2.24) is 0 Å². The van der Waals surface area contributed by atoms with Crippen LogP contribution in [0.15, 0.2) is 42.5 Å². The number of halogens is 3. The molecule has 26 heavy (non-hydrogen) atoms. The molecule has 0 spiro atoms. The quantitative estimate of drug-likeness (QED) is 0.884. The fourth-order valence-electron chi connectivity index (χ4n) is 2.70. The van der Waals surface area contributed by atoms with Gasteiger partial charge in [0.15, 0.2) is 5.75 Å². The van der Waals surface area contributed by atoms with Crippen LogP contribution in [0.3, 0.4) is 0 Å². The molecule has 1 aliphatic heterocycles. The Morgan fingerprint density at radius 3 is 2.42 bits per heavy atom. The van der Waals surface area contributed by atoms with E-state index in [2.05, 4.69) is 5.32 Å². The molecule has 2 aromatic carbocycles. The Hall–Kier alpha value is -3.03. The zero-order chi connectivity index (χ0) is 18.9. The van der Waals surface area contributed by atoms with Crippen LogP contribution < -0.4 is 15.0 Å². The number of nitrogens with one attached hydrogen (secondary N) is 1. The van der Waals surface area contributed by atoms with E-state index in [0.717, 1.165) is 12.1 Å². The minimum atomic E-state index is -4.44. The first-order valence-electron chi connectivity index (χ1n) is 7.80. The highest BCUT2D eigenvalue weighted by Crippen LogP contribution is 2.35. The van der Waals surface area contributed by atoms with Gasteiger partial charge in [0, 0.05) is 12.6 Å². The molecule has 136 valence electrons. The third kappa shape index (κ3) is 3.49. The molecule has 2 aromatic rings. The molecule has 0 bridgehead atoms. The molecule has 1 heterocycles. The minimum absolute atomic E-state index is 0.171. The summed E-state index contributed by atoms with van der Waals surface area (Å²) in [5, 5.41) is 2.54. The molecule has 0 saturated carbocycles. The molecule has 0 aromatic heterocycles. The summed E-state index contributed by atoms with van der Waals surface area (Å²) in [5.41, 5.74) is 0.116. The number of ether oxygens (including phenoxy) is 1. The van der Waals surface area contributed by atoms with Crippen LogP contribution in [0, 0.1) is 0 Å². The van der Waals surface area contributed by atoms with Gasteiger partial charge in [-0.05, 0) is 36.4 Å². The summed E-state index contributed by atoms with van der Waals surface area (Å²) in [6.45, 7) is 2.05. The average Bonchev–Trinajstić information content (AvgIpc) is 2.60. The molecule has 0 atom stereocenters. The first-order chi connectivity index (χ1) is 12.3. The Morgan fingerprint density at radius 1 is 1.12 bits per heavy atom. The number of amides is 2. The lowest BCUT2D eigenvalue weighted by atomic mass is 10.1. The van der Waals surface area contributed by atoms with Crippen molar-refractivity contribution in [2.45, 2.75) is 13.1 Å². The fourth-order valence-corrected chi connectivity index (χ4v) is 2.70. The highest BCUT2D eigenvalue weighted by molar-refractivity contribution is 6.08. The third-order valence-corrected chi connectivity index (χ3v) is 3.94. The number of anilines is 2. The Bertz CT molecular complexity index is 848. The molecule has 3 rings (SSSR count). The number of carbonyl (C=O) groups is 2. The van der Waals surface area contributed by atoms with Crippen LogP contribution in [-0.2, 0) is 11.0 Å². The smallest absolute Gasteiger partial charge is 0.416 e. The van der Waals surface area contributed by atoms with Crippen LogP contribution in [0.1, 0.15) is 22.8 Å². The van der Waals surface area contributed by atoms with Crippen LogP contribution in [0.25, 0.3) is 0 Å². The first kappa shape index (κ1) is 17.8. The van der Waals surface area contributed by atoms with Gasteiger partial charge >= 0.3 is 6.18 Å². The van der Waals surface area contributed by atoms with Gasteiger partial charge in [0.2, 0.25) is 5.91 Å². The zero-order valence-electron chi connectivity index (χ0n) is 13.8. The Kier molecular flexibility index (Phi) is 4.58. The van der Waals surface area contributed by atoms with E-state index in [0.29, 0.717) is 12.2 Å². The van der Waals surface area contributed by atoms with Crippen LogP contribution >= 0.6 is 0 Å². The number of hydrogen-bond donors (Lipinski definition) is 1. The summed E-state index contributed by atoms with van der Waals surface area (Å²) in [6, 6.07) is 8.96. The second-order valence-electron chi connectivity index (χ2n) is 5.70. The summed E-state index contributed by atoms with van der Waals surface area (Å²) >= 11 is 0. The van der Waals surface area contributed by atoms with Crippen molar-refractivity contribution in [3.05, 3.63) is 53.6 Å². The number of rotatable bonds is 2. The van der Waals surface area contributed by atoms with Gasteiger partial charge in [-0.25, -0.2) is 0 Å². The molecule has 1 aliphatic rings. The SMILES string of the molecule is CC(=O)N1CCOc2c(C(=O)Nc3ccc(C(F)(F)F)cc3)cccc21.